The molecule has 0 aliphatic rings. The van der Waals surface area contributed by atoms with Crippen molar-refractivity contribution < 1.29 is 14.3 Å². The van der Waals surface area contributed by atoms with Crippen LogP contribution in [0.3, 0.4) is 0 Å². The SMILES string of the molecule is Cc1nc(-c2cccs2)c(CC(=O)NCC(C)(O)c2cccc(F)c2)s1. The predicted molar refractivity (Wildman–Crippen MR) is 103 cm³/mol. The van der Waals surface area contributed by atoms with E-state index in [0.717, 1.165) is 20.5 Å². The molecule has 1 atom stereocenters. The zero-order valence-corrected chi connectivity index (χ0v) is 16.1. The van der Waals surface area contributed by atoms with Crippen molar-refractivity contribution in [3.05, 3.63) is 63.0 Å². The van der Waals surface area contributed by atoms with Gasteiger partial charge < -0.3 is 10.4 Å². The van der Waals surface area contributed by atoms with Gasteiger partial charge in [-0.05, 0) is 43.0 Å². The molecule has 26 heavy (non-hydrogen) atoms. The van der Waals surface area contributed by atoms with Gasteiger partial charge in [-0.3, -0.25) is 4.79 Å². The number of aryl methyl sites for hydroxylation is 1. The quantitative estimate of drug-likeness (QED) is 0.671. The van der Waals surface area contributed by atoms with Crippen molar-refractivity contribution in [3.63, 3.8) is 0 Å². The molecule has 4 nitrogen and oxygen atoms in total. The number of nitrogens with one attached hydrogen (secondary N) is 1. The summed E-state index contributed by atoms with van der Waals surface area (Å²) >= 11 is 3.08. The van der Waals surface area contributed by atoms with Crippen LogP contribution in [0.1, 0.15) is 22.4 Å². The maximum absolute atomic E-state index is 13.4. The molecule has 0 saturated carbocycles. The van der Waals surface area contributed by atoms with E-state index in [9.17, 15) is 14.3 Å². The van der Waals surface area contributed by atoms with E-state index < -0.39 is 11.4 Å². The van der Waals surface area contributed by atoms with E-state index in [4.69, 9.17) is 0 Å². The molecule has 2 aromatic heterocycles. The van der Waals surface area contributed by atoms with Crippen molar-refractivity contribution in [3.8, 4) is 10.6 Å². The Bertz CT molecular complexity index is 904. The normalized spacial score (nSPS) is 13.4. The standard InChI is InChI=1S/C19H19FN2O2S2/c1-12-22-18(15-7-4-8-25-15)16(26-12)10-17(23)21-11-19(2,24)13-5-3-6-14(20)9-13/h3-9,24H,10-11H2,1-2H3,(H,21,23). The smallest absolute Gasteiger partial charge is 0.225 e. The Hall–Kier alpha value is -2.09. The number of thiophene rings is 1. The van der Waals surface area contributed by atoms with Gasteiger partial charge in [0.15, 0.2) is 0 Å². The number of thiazole rings is 1. The van der Waals surface area contributed by atoms with Crippen molar-refractivity contribution in [1.29, 1.82) is 0 Å². The second-order valence-electron chi connectivity index (χ2n) is 6.22. The second kappa shape index (κ2) is 7.65. The number of benzene rings is 1. The number of nitrogens with zero attached hydrogens (tertiary/aromatic N) is 1. The van der Waals surface area contributed by atoms with Crippen LogP contribution in [-0.2, 0) is 16.8 Å². The van der Waals surface area contributed by atoms with Crippen LogP contribution in [0.15, 0.2) is 41.8 Å². The Balaban J connectivity index is 1.67. The zero-order valence-electron chi connectivity index (χ0n) is 14.5. The van der Waals surface area contributed by atoms with Gasteiger partial charge in [0.2, 0.25) is 5.91 Å². The fourth-order valence-electron chi connectivity index (χ4n) is 2.60. The van der Waals surface area contributed by atoms with Gasteiger partial charge in [0.25, 0.3) is 0 Å². The molecule has 1 amide bonds. The zero-order chi connectivity index (χ0) is 18.7. The molecule has 3 aromatic rings. The van der Waals surface area contributed by atoms with Crippen molar-refractivity contribution in [2.75, 3.05) is 6.54 Å². The number of rotatable bonds is 6. The number of hydrogen-bond donors (Lipinski definition) is 2. The Morgan fingerprint density at radius 1 is 1.35 bits per heavy atom. The van der Waals surface area contributed by atoms with Gasteiger partial charge in [0, 0.05) is 4.88 Å². The Labute approximate surface area is 159 Å². The van der Waals surface area contributed by atoms with E-state index in [0.29, 0.717) is 5.56 Å². The highest BCUT2D eigenvalue weighted by atomic mass is 32.1. The molecular formula is C19H19FN2O2S2. The first-order valence-electron chi connectivity index (χ1n) is 8.10. The summed E-state index contributed by atoms with van der Waals surface area (Å²) in [6.45, 7) is 3.47. The molecule has 7 heteroatoms. The summed E-state index contributed by atoms with van der Waals surface area (Å²) in [6.07, 6.45) is 0.192. The molecule has 136 valence electrons. The third-order valence-corrected chi connectivity index (χ3v) is 5.80. The second-order valence-corrected chi connectivity index (χ2v) is 8.46. The first-order valence-corrected chi connectivity index (χ1v) is 9.80. The first-order chi connectivity index (χ1) is 12.3. The van der Waals surface area contributed by atoms with Gasteiger partial charge in [-0.1, -0.05) is 18.2 Å². The van der Waals surface area contributed by atoms with E-state index in [-0.39, 0.29) is 18.9 Å². The van der Waals surface area contributed by atoms with Gasteiger partial charge in [-0.2, -0.15) is 0 Å². The van der Waals surface area contributed by atoms with Gasteiger partial charge >= 0.3 is 0 Å². The number of carbonyl (C=O) groups excluding carboxylic acids is 1. The molecule has 0 bridgehead atoms. The Kier molecular flexibility index (Phi) is 5.50. The molecule has 1 aromatic carbocycles. The summed E-state index contributed by atoms with van der Waals surface area (Å²) in [5.74, 6) is -0.627. The fourth-order valence-corrected chi connectivity index (χ4v) is 4.35. The van der Waals surface area contributed by atoms with Gasteiger partial charge in [-0.15, -0.1) is 22.7 Å². The molecule has 0 spiro atoms. The van der Waals surface area contributed by atoms with Gasteiger partial charge in [0.1, 0.15) is 11.4 Å². The molecule has 2 N–H and O–H groups in total. The van der Waals surface area contributed by atoms with Crippen LogP contribution in [0.5, 0.6) is 0 Å². The molecule has 3 rings (SSSR count). The minimum absolute atomic E-state index is 0.00140. The van der Waals surface area contributed by atoms with Crippen molar-refractivity contribution in [2.45, 2.75) is 25.9 Å². The lowest BCUT2D eigenvalue weighted by molar-refractivity contribution is -0.121. The van der Waals surface area contributed by atoms with Crippen LogP contribution in [0.4, 0.5) is 4.39 Å². The van der Waals surface area contributed by atoms with Crippen LogP contribution in [0, 0.1) is 12.7 Å². The van der Waals surface area contributed by atoms with E-state index in [1.807, 2.05) is 24.4 Å². The number of hydrogen-bond acceptors (Lipinski definition) is 5. The minimum atomic E-state index is -1.35. The van der Waals surface area contributed by atoms with E-state index in [2.05, 4.69) is 10.3 Å². The molecule has 0 radical (unpaired) electrons. The molecule has 1 unspecified atom stereocenters. The molecular weight excluding hydrogens is 371 g/mol. The third kappa shape index (κ3) is 4.35. The summed E-state index contributed by atoms with van der Waals surface area (Å²) in [6, 6.07) is 9.69. The Morgan fingerprint density at radius 2 is 2.15 bits per heavy atom. The fraction of sp³-hybridized carbons (Fsp3) is 0.263. The topological polar surface area (TPSA) is 62.2 Å². The predicted octanol–water partition coefficient (Wildman–Crippen LogP) is 3.89. The Morgan fingerprint density at radius 3 is 2.85 bits per heavy atom. The highest BCUT2D eigenvalue weighted by Gasteiger charge is 2.25. The lowest BCUT2D eigenvalue weighted by Gasteiger charge is -2.24. The van der Waals surface area contributed by atoms with Crippen molar-refractivity contribution in [2.24, 2.45) is 0 Å². The van der Waals surface area contributed by atoms with E-state index in [1.54, 1.807) is 24.3 Å². The lowest BCUT2D eigenvalue weighted by Crippen LogP contribution is -2.39. The first kappa shape index (κ1) is 18.7. The maximum Gasteiger partial charge on any atom is 0.225 e. The molecule has 0 saturated heterocycles. The largest absolute Gasteiger partial charge is 0.384 e. The van der Waals surface area contributed by atoms with Crippen LogP contribution in [0.2, 0.25) is 0 Å². The average Bonchev–Trinajstić information content (AvgIpc) is 3.22. The summed E-state index contributed by atoms with van der Waals surface area (Å²) in [5, 5.41) is 16.2. The summed E-state index contributed by atoms with van der Waals surface area (Å²) in [7, 11) is 0. The summed E-state index contributed by atoms with van der Waals surface area (Å²) < 4.78 is 13.4. The highest BCUT2D eigenvalue weighted by molar-refractivity contribution is 7.15. The van der Waals surface area contributed by atoms with Crippen LogP contribution < -0.4 is 5.32 Å². The molecule has 0 aliphatic heterocycles. The number of aliphatic hydroxyl groups is 1. The molecule has 0 fully saturated rings. The van der Waals surface area contributed by atoms with Crippen molar-refractivity contribution >= 4 is 28.6 Å². The number of halogens is 1. The third-order valence-electron chi connectivity index (χ3n) is 3.96. The highest BCUT2D eigenvalue weighted by Crippen LogP contribution is 2.31. The van der Waals surface area contributed by atoms with Gasteiger partial charge in [-0.25, -0.2) is 9.37 Å². The lowest BCUT2D eigenvalue weighted by atomic mass is 9.96. The van der Waals surface area contributed by atoms with Crippen LogP contribution in [-0.4, -0.2) is 22.5 Å². The van der Waals surface area contributed by atoms with Crippen molar-refractivity contribution in [1.82, 2.24) is 10.3 Å². The number of carbonyl (C=O) groups is 1. The monoisotopic (exact) mass is 390 g/mol. The average molecular weight is 391 g/mol. The molecule has 2 heterocycles. The maximum atomic E-state index is 13.4. The van der Waals surface area contributed by atoms with Gasteiger partial charge in [0.05, 0.1) is 28.5 Å². The summed E-state index contributed by atoms with van der Waals surface area (Å²) in [5.41, 5.74) is -0.0851. The summed E-state index contributed by atoms with van der Waals surface area (Å²) in [4.78, 5) is 18.8. The van der Waals surface area contributed by atoms with Crippen LogP contribution >= 0.6 is 22.7 Å². The van der Waals surface area contributed by atoms with E-state index in [1.165, 1.54) is 29.5 Å². The number of amides is 1. The molecule has 0 aliphatic carbocycles. The minimum Gasteiger partial charge on any atom is -0.384 e. The van der Waals surface area contributed by atoms with E-state index >= 15 is 0 Å². The number of aromatic nitrogens is 1. The van der Waals surface area contributed by atoms with Crippen LogP contribution in [0.25, 0.3) is 10.6 Å².